The number of hydrogen-bond acceptors (Lipinski definition) is 5. The van der Waals surface area contributed by atoms with Gasteiger partial charge in [0.15, 0.2) is 0 Å². The Balaban J connectivity index is 2.25. The number of rotatable bonds is 4. The molecule has 2 rings (SSSR count). The van der Waals surface area contributed by atoms with Crippen LogP contribution in [-0.2, 0) is 0 Å². The van der Waals surface area contributed by atoms with Crippen molar-refractivity contribution in [1.82, 2.24) is 5.32 Å². The largest absolute Gasteiger partial charge is 0.494 e. The third-order valence-electron chi connectivity index (χ3n) is 3.31. The molecule has 0 unspecified atom stereocenters. The van der Waals surface area contributed by atoms with Gasteiger partial charge in [0.2, 0.25) is 0 Å². The summed E-state index contributed by atoms with van der Waals surface area (Å²) in [5.74, 6) is 0.556. The number of nitro benzene ring substituents is 1. The van der Waals surface area contributed by atoms with Crippen LogP contribution in [-0.4, -0.2) is 38.2 Å². The standard InChI is InChI=1S/C12H17N3O3/c1-13-9-5-6-14(8-9)11-4-3-10(15(16)17)7-12(11)18-2/h3-4,7,9,13H,5-6,8H2,1-2H3/t9-/m0/s1. The van der Waals surface area contributed by atoms with Crippen molar-refractivity contribution < 1.29 is 9.66 Å². The van der Waals surface area contributed by atoms with Crippen LogP contribution in [0, 0.1) is 10.1 Å². The molecule has 6 nitrogen and oxygen atoms in total. The van der Waals surface area contributed by atoms with Crippen LogP contribution in [0.3, 0.4) is 0 Å². The second-order valence-electron chi connectivity index (χ2n) is 4.33. The average molecular weight is 251 g/mol. The summed E-state index contributed by atoms with van der Waals surface area (Å²) in [6.45, 7) is 1.82. The van der Waals surface area contributed by atoms with E-state index in [9.17, 15) is 10.1 Å². The second kappa shape index (κ2) is 5.22. The molecule has 1 saturated heterocycles. The molecule has 0 spiro atoms. The van der Waals surface area contributed by atoms with Crippen LogP contribution in [0.1, 0.15) is 6.42 Å². The van der Waals surface area contributed by atoms with E-state index in [0.717, 1.165) is 25.2 Å². The lowest BCUT2D eigenvalue weighted by Gasteiger charge is -2.21. The fourth-order valence-corrected chi connectivity index (χ4v) is 2.26. The maximum Gasteiger partial charge on any atom is 0.273 e. The van der Waals surface area contributed by atoms with Crippen LogP contribution in [0.4, 0.5) is 11.4 Å². The van der Waals surface area contributed by atoms with Gasteiger partial charge in [0.05, 0.1) is 23.8 Å². The van der Waals surface area contributed by atoms with Crippen molar-refractivity contribution in [3.05, 3.63) is 28.3 Å². The summed E-state index contributed by atoms with van der Waals surface area (Å²) in [6, 6.07) is 5.21. The van der Waals surface area contributed by atoms with Gasteiger partial charge in [0, 0.05) is 25.2 Å². The zero-order chi connectivity index (χ0) is 13.1. The van der Waals surface area contributed by atoms with Crippen molar-refractivity contribution in [2.45, 2.75) is 12.5 Å². The molecular formula is C12H17N3O3. The summed E-state index contributed by atoms with van der Waals surface area (Å²) in [6.07, 6.45) is 1.07. The molecule has 0 saturated carbocycles. The number of non-ortho nitro benzene ring substituents is 1. The predicted molar refractivity (Wildman–Crippen MR) is 69.3 cm³/mol. The smallest absolute Gasteiger partial charge is 0.273 e. The van der Waals surface area contributed by atoms with Gasteiger partial charge in [-0.3, -0.25) is 10.1 Å². The van der Waals surface area contributed by atoms with Crippen molar-refractivity contribution in [3.63, 3.8) is 0 Å². The average Bonchev–Trinajstić information content (AvgIpc) is 2.86. The number of benzene rings is 1. The Morgan fingerprint density at radius 2 is 2.33 bits per heavy atom. The van der Waals surface area contributed by atoms with Crippen LogP contribution >= 0.6 is 0 Å². The molecule has 1 aromatic rings. The zero-order valence-electron chi connectivity index (χ0n) is 10.5. The number of anilines is 1. The van der Waals surface area contributed by atoms with Gasteiger partial charge in [-0.2, -0.15) is 0 Å². The summed E-state index contributed by atoms with van der Waals surface area (Å²) >= 11 is 0. The molecule has 0 bridgehead atoms. The van der Waals surface area contributed by atoms with Crippen LogP contribution in [0.5, 0.6) is 5.75 Å². The summed E-state index contributed by atoms with van der Waals surface area (Å²) in [5, 5.41) is 14.0. The van der Waals surface area contributed by atoms with E-state index in [1.807, 2.05) is 7.05 Å². The molecule has 0 aliphatic carbocycles. The second-order valence-corrected chi connectivity index (χ2v) is 4.33. The molecule has 98 valence electrons. The molecule has 18 heavy (non-hydrogen) atoms. The van der Waals surface area contributed by atoms with Gasteiger partial charge >= 0.3 is 0 Å². The fourth-order valence-electron chi connectivity index (χ4n) is 2.26. The van der Waals surface area contributed by atoms with Crippen molar-refractivity contribution in [1.29, 1.82) is 0 Å². The van der Waals surface area contributed by atoms with Gasteiger partial charge in [-0.05, 0) is 19.5 Å². The first-order valence-electron chi connectivity index (χ1n) is 5.90. The minimum Gasteiger partial charge on any atom is -0.494 e. The van der Waals surface area contributed by atoms with Gasteiger partial charge in [-0.1, -0.05) is 0 Å². The molecule has 1 atom stereocenters. The summed E-state index contributed by atoms with van der Waals surface area (Å²) in [4.78, 5) is 12.5. The Kier molecular flexibility index (Phi) is 3.66. The van der Waals surface area contributed by atoms with Crippen LogP contribution in [0.15, 0.2) is 18.2 Å². The highest BCUT2D eigenvalue weighted by Gasteiger charge is 2.24. The van der Waals surface area contributed by atoms with E-state index < -0.39 is 4.92 Å². The predicted octanol–water partition coefficient (Wildman–Crippen LogP) is 1.40. The number of ether oxygens (including phenoxy) is 1. The normalized spacial score (nSPS) is 19.0. The van der Waals surface area contributed by atoms with Gasteiger partial charge in [-0.15, -0.1) is 0 Å². The molecule has 1 aliphatic heterocycles. The van der Waals surface area contributed by atoms with Gasteiger partial charge in [0.25, 0.3) is 5.69 Å². The van der Waals surface area contributed by atoms with E-state index in [0.29, 0.717) is 11.8 Å². The summed E-state index contributed by atoms with van der Waals surface area (Å²) in [7, 11) is 3.48. The fraction of sp³-hybridized carbons (Fsp3) is 0.500. The van der Waals surface area contributed by atoms with Crippen LogP contribution in [0.25, 0.3) is 0 Å². The van der Waals surface area contributed by atoms with Crippen LogP contribution in [0.2, 0.25) is 0 Å². The molecule has 0 radical (unpaired) electrons. The Labute approximate surface area is 106 Å². The molecule has 1 heterocycles. The number of nitro groups is 1. The first kappa shape index (κ1) is 12.6. The van der Waals surface area contributed by atoms with Crippen molar-refractivity contribution in [2.75, 3.05) is 32.1 Å². The van der Waals surface area contributed by atoms with E-state index in [1.54, 1.807) is 6.07 Å². The van der Waals surface area contributed by atoms with E-state index in [1.165, 1.54) is 19.2 Å². The van der Waals surface area contributed by atoms with E-state index in [4.69, 9.17) is 4.74 Å². The Morgan fingerprint density at radius 1 is 1.56 bits per heavy atom. The zero-order valence-corrected chi connectivity index (χ0v) is 10.5. The Bertz CT molecular complexity index is 450. The van der Waals surface area contributed by atoms with Crippen molar-refractivity contribution >= 4 is 11.4 Å². The molecule has 1 N–H and O–H groups in total. The molecule has 0 amide bonds. The molecule has 1 aromatic carbocycles. The number of nitrogens with zero attached hydrogens (tertiary/aromatic N) is 2. The minimum absolute atomic E-state index is 0.0555. The molecular weight excluding hydrogens is 234 g/mol. The van der Waals surface area contributed by atoms with E-state index in [-0.39, 0.29) is 5.69 Å². The number of likely N-dealkylation sites (N-methyl/N-ethyl adjacent to an activating group) is 1. The molecule has 1 fully saturated rings. The number of methoxy groups -OCH3 is 1. The van der Waals surface area contributed by atoms with Crippen LogP contribution < -0.4 is 15.0 Å². The van der Waals surface area contributed by atoms with Crippen molar-refractivity contribution in [2.24, 2.45) is 0 Å². The monoisotopic (exact) mass is 251 g/mol. The third-order valence-corrected chi connectivity index (χ3v) is 3.31. The highest BCUT2D eigenvalue weighted by molar-refractivity contribution is 5.63. The van der Waals surface area contributed by atoms with E-state index in [2.05, 4.69) is 10.2 Å². The first-order valence-corrected chi connectivity index (χ1v) is 5.90. The molecule has 1 aliphatic rings. The number of hydrogen-bond donors (Lipinski definition) is 1. The quantitative estimate of drug-likeness (QED) is 0.647. The topological polar surface area (TPSA) is 67.6 Å². The highest BCUT2D eigenvalue weighted by atomic mass is 16.6. The van der Waals surface area contributed by atoms with Gasteiger partial charge in [0.1, 0.15) is 5.75 Å². The van der Waals surface area contributed by atoms with Gasteiger partial charge in [-0.25, -0.2) is 0 Å². The highest BCUT2D eigenvalue weighted by Crippen LogP contribution is 2.33. The lowest BCUT2D eigenvalue weighted by atomic mass is 10.2. The maximum atomic E-state index is 10.7. The molecule has 6 heteroatoms. The lowest BCUT2D eigenvalue weighted by Crippen LogP contribution is -2.29. The first-order chi connectivity index (χ1) is 8.65. The van der Waals surface area contributed by atoms with Gasteiger partial charge < -0.3 is 15.0 Å². The SMILES string of the molecule is CN[C@H]1CCN(c2ccc([N+](=O)[O-])cc2OC)C1. The maximum absolute atomic E-state index is 10.7. The summed E-state index contributed by atoms with van der Waals surface area (Å²) in [5.41, 5.74) is 0.973. The Hall–Kier alpha value is -1.82. The third kappa shape index (κ3) is 2.38. The molecule has 0 aromatic heterocycles. The minimum atomic E-state index is -0.410. The van der Waals surface area contributed by atoms with E-state index >= 15 is 0 Å². The Morgan fingerprint density at radius 3 is 2.89 bits per heavy atom. The summed E-state index contributed by atoms with van der Waals surface area (Å²) < 4.78 is 5.25. The number of nitrogens with one attached hydrogen (secondary N) is 1. The van der Waals surface area contributed by atoms with Crippen molar-refractivity contribution in [3.8, 4) is 5.75 Å². The lowest BCUT2D eigenvalue weighted by molar-refractivity contribution is -0.384.